The van der Waals surface area contributed by atoms with E-state index in [1.807, 2.05) is 17.0 Å². The van der Waals surface area contributed by atoms with E-state index in [0.717, 1.165) is 37.4 Å². The third kappa shape index (κ3) is 5.39. The molecule has 1 aromatic heterocycles. The molecule has 1 saturated heterocycles. The summed E-state index contributed by atoms with van der Waals surface area (Å²) in [6.45, 7) is 3.22. The first-order valence-corrected chi connectivity index (χ1v) is 9.60. The Kier molecular flexibility index (Phi) is 7.48. The maximum atomic E-state index is 13.1. The molecule has 0 atom stereocenters. The molecule has 0 amide bonds. The van der Waals surface area contributed by atoms with Gasteiger partial charge in [-0.1, -0.05) is 28.9 Å². The van der Waals surface area contributed by atoms with Crippen LogP contribution in [0.1, 0.15) is 5.89 Å². The molecule has 1 aliphatic rings. The van der Waals surface area contributed by atoms with Crippen molar-refractivity contribution in [2.45, 2.75) is 6.54 Å². The Morgan fingerprint density at radius 1 is 1.13 bits per heavy atom. The number of anilines is 1. The van der Waals surface area contributed by atoms with E-state index in [1.165, 1.54) is 12.1 Å². The van der Waals surface area contributed by atoms with Crippen LogP contribution in [-0.4, -0.2) is 47.2 Å². The lowest BCUT2D eigenvalue weighted by Gasteiger charge is -2.36. The number of nitrogens with two attached hydrogens (primary N) is 1. The Morgan fingerprint density at radius 2 is 1.87 bits per heavy atom. The van der Waals surface area contributed by atoms with E-state index >= 15 is 0 Å². The maximum Gasteiger partial charge on any atom is 0.248 e. The SMILES string of the molecule is I.NC(=NCc1nc(-c2cccc(Cl)c2)no1)N1CCN(c2ccc(F)cc2)CC1. The molecule has 0 bridgehead atoms. The Balaban J connectivity index is 0.00000256. The minimum Gasteiger partial charge on any atom is -0.370 e. The number of aliphatic imine (C=N–C) groups is 1. The van der Waals surface area contributed by atoms with E-state index in [4.69, 9.17) is 21.9 Å². The van der Waals surface area contributed by atoms with Gasteiger partial charge in [0.2, 0.25) is 11.7 Å². The number of nitrogens with zero attached hydrogens (tertiary/aromatic N) is 5. The van der Waals surface area contributed by atoms with Crippen molar-refractivity contribution in [3.8, 4) is 11.4 Å². The van der Waals surface area contributed by atoms with Crippen LogP contribution in [0.5, 0.6) is 0 Å². The number of rotatable bonds is 4. The molecule has 1 aliphatic heterocycles. The molecule has 4 rings (SSSR count). The van der Waals surface area contributed by atoms with E-state index in [1.54, 1.807) is 24.3 Å². The molecule has 3 aromatic rings. The van der Waals surface area contributed by atoms with Gasteiger partial charge in [0.25, 0.3) is 0 Å². The average molecular weight is 543 g/mol. The van der Waals surface area contributed by atoms with Crippen LogP contribution >= 0.6 is 35.6 Å². The molecule has 0 saturated carbocycles. The zero-order valence-electron chi connectivity index (χ0n) is 16.0. The number of hydrogen-bond acceptors (Lipinski definition) is 5. The highest BCUT2D eigenvalue weighted by Crippen LogP contribution is 2.20. The fourth-order valence-corrected chi connectivity index (χ4v) is 3.35. The predicted molar refractivity (Wildman–Crippen MR) is 126 cm³/mol. The van der Waals surface area contributed by atoms with Gasteiger partial charge in [-0.2, -0.15) is 4.98 Å². The third-order valence-corrected chi connectivity index (χ3v) is 4.96. The van der Waals surface area contributed by atoms with Crippen LogP contribution < -0.4 is 10.6 Å². The van der Waals surface area contributed by atoms with E-state index in [-0.39, 0.29) is 36.3 Å². The molecule has 158 valence electrons. The molecule has 2 aromatic carbocycles. The Morgan fingerprint density at radius 3 is 2.57 bits per heavy atom. The monoisotopic (exact) mass is 542 g/mol. The van der Waals surface area contributed by atoms with Gasteiger partial charge in [0.15, 0.2) is 5.96 Å². The minimum absolute atomic E-state index is 0. The summed E-state index contributed by atoms with van der Waals surface area (Å²) >= 11 is 6.00. The van der Waals surface area contributed by atoms with E-state index < -0.39 is 0 Å². The molecule has 2 heterocycles. The minimum atomic E-state index is -0.233. The largest absolute Gasteiger partial charge is 0.370 e. The number of aromatic nitrogens is 2. The van der Waals surface area contributed by atoms with Gasteiger partial charge in [-0.15, -0.1) is 24.0 Å². The van der Waals surface area contributed by atoms with Gasteiger partial charge in [0.1, 0.15) is 12.4 Å². The van der Waals surface area contributed by atoms with Gasteiger partial charge in [-0.05, 0) is 36.4 Å². The second-order valence-electron chi connectivity index (χ2n) is 6.65. The van der Waals surface area contributed by atoms with E-state index in [0.29, 0.717) is 22.7 Å². The van der Waals surface area contributed by atoms with Gasteiger partial charge in [0, 0.05) is 42.5 Å². The smallest absolute Gasteiger partial charge is 0.248 e. The van der Waals surface area contributed by atoms with Crippen LogP contribution in [0.2, 0.25) is 5.02 Å². The number of guanidine groups is 1. The Labute approximate surface area is 195 Å². The van der Waals surface area contributed by atoms with Crippen molar-refractivity contribution in [3.05, 3.63) is 65.3 Å². The fourth-order valence-electron chi connectivity index (χ4n) is 3.16. The molecule has 0 aliphatic carbocycles. The molecule has 10 heteroatoms. The van der Waals surface area contributed by atoms with Crippen LogP contribution in [0.15, 0.2) is 58.0 Å². The first kappa shape index (κ1) is 22.3. The molecule has 1 fully saturated rings. The van der Waals surface area contributed by atoms with Gasteiger partial charge >= 0.3 is 0 Å². The third-order valence-electron chi connectivity index (χ3n) is 4.72. The van der Waals surface area contributed by atoms with Crippen LogP contribution in [0, 0.1) is 5.82 Å². The highest BCUT2D eigenvalue weighted by molar-refractivity contribution is 14.0. The summed E-state index contributed by atoms with van der Waals surface area (Å²) in [5.74, 6) is 1.05. The predicted octanol–water partition coefficient (Wildman–Crippen LogP) is 3.78. The summed E-state index contributed by atoms with van der Waals surface area (Å²) in [6.07, 6.45) is 0. The fraction of sp³-hybridized carbons (Fsp3) is 0.250. The zero-order valence-corrected chi connectivity index (χ0v) is 19.1. The van der Waals surface area contributed by atoms with Crippen LogP contribution in [-0.2, 0) is 6.54 Å². The van der Waals surface area contributed by atoms with Crippen molar-refractivity contribution in [2.24, 2.45) is 10.7 Å². The summed E-state index contributed by atoms with van der Waals surface area (Å²) in [4.78, 5) is 12.9. The lowest BCUT2D eigenvalue weighted by Crippen LogP contribution is -2.51. The molecule has 0 radical (unpaired) electrons. The van der Waals surface area contributed by atoms with Crippen LogP contribution in [0.4, 0.5) is 10.1 Å². The Hall–Kier alpha value is -2.40. The van der Waals surface area contributed by atoms with Gasteiger partial charge in [0.05, 0.1) is 0 Å². The molecular weight excluding hydrogens is 522 g/mol. The van der Waals surface area contributed by atoms with Crippen molar-refractivity contribution < 1.29 is 8.91 Å². The standard InChI is InChI=1S/C20H20ClFN6O.HI/c21-15-3-1-2-14(12-15)19-25-18(29-26-19)13-24-20(23)28-10-8-27(9-11-28)17-6-4-16(22)5-7-17;/h1-7,12H,8-11,13H2,(H2,23,24);1H. The normalized spacial score (nSPS) is 14.5. The van der Waals surface area contributed by atoms with Gasteiger partial charge in [-0.3, -0.25) is 0 Å². The molecule has 30 heavy (non-hydrogen) atoms. The molecule has 7 nitrogen and oxygen atoms in total. The summed E-state index contributed by atoms with van der Waals surface area (Å²) in [5.41, 5.74) is 7.92. The summed E-state index contributed by atoms with van der Waals surface area (Å²) in [6, 6.07) is 13.8. The van der Waals surface area contributed by atoms with Crippen molar-refractivity contribution in [3.63, 3.8) is 0 Å². The van der Waals surface area contributed by atoms with Gasteiger partial charge in [-0.25, -0.2) is 9.38 Å². The molecule has 0 spiro atoms. The second kappa shape index (κ2) is 10.1. The van der Waals surface area contributed by atoms with Crippen molar-refractivity contribution in [2.75, 3.05) is 31.1 Å². The number of piperazine rings is 1. The van der Waals surface area contributed by atoms with E-state index in [9.17, 15) is 4.39 Å². The van der Waals surface area contributed by atoms with Crippen molar-refractivity contribution in [1.82, 2.24) is 15.0 Å². The average Bonchev–Trinajstić information content (AvgIpc) is 3.22. The number of hydrogen-bond donors (Lipinski definition) is 1. The zero-order chi connectivity index (χ0) is 20.2. The molecule has 0 unspecified atom stereocenters. The highest BCUT2D eigenvalue weighted by atomic mass is 127. The number of halogens is 3. The lowest BCUT2D eigenvalue weighted by atomic mass is 10.2. The van der Waals surface area contributed by atoms with Crippen molar-refractivity contribution in [1.29, 1.82) is 0 Å². The Bertz CT molecular complexity index is 1000. The second-order valence-corrected chi connectivity index (χ2v) is 7.08. The summed E-state index contributed by atoms with van der Waals surface area (Å²) in [5, 5.41) is 4.57. The molecular formula is C20H21ClFIN6O. The summed E-state index contributed by atoms with van der Waals surface area (Å²) in [7, 11) is 0. The van der Waals surface area contributed by atoms with Crippen LogP contribution in [0.25, 0.3) is 11.4 Å². The lowest BCUT2D eigenvalue weighted by molar-refractivity contribution is 0.370. The van der Waals surface area contributed by atoms with Crippen LogP contribution in [0.3, 0.4) is 0 Å². The summed E-state index contributed by atoms with van der Waals surface area (Å²) < 4.78 is 18.3. The molecule has 2 N–H and O–H groups in total. The topological polar surface area (TPSA) is 83.8 Å². The quantitative estimate of drug-likeness (QED) is 0.307. The number of benzene rings is 2. The van der Waals surface area contributed by atoms with Gasteiger partial charge < -0.3 is 20.1 Å². The first-order valence-electron chi connectivity index (χ1n) is 9.22. The van der Waals surface area contributed by atoms with E-state index in [2.05, 4.69) is 20.0 Å². The maximum absolute atomic E-state index is 13.1. The highest BCUT2D eigenvalue weighted by Gasteiger charge is 2.19. The van der Waals surface area contributed by atoms with Crippen molar-refractivity contribution >= 4 is 47.2 Å². The first-order chi connectivity index (χ1) is 14.1.